The Morgan fingerprint density at radius 1 is 1.20 bits per heavy atom. The van der Waals surface area contributed by atoms with Gasteiger partial charge in [-0.15, -0.1) is 0 Å². The Morgan fingerprint density at radius 3 is 2.64 bits per heavy atom. The molecule has 1 aromatic carbocycles. The van der Waals surface area contributed by atoms with E-state index in [0.717, 1.165) is 47.1 Å². The van der Waals surface area contributed by atoms with Gasteiger partial charge in [0.25, 0.3) is 12.3 Å². The van der Waals surface area contributed by atoms with Crippen LogP contribution in [0.2, 0.25) is 0 Å². The van der Waals surface area contributed by atoms with Crippen LogP contribution in [0.5, 0.6) is 0 Å². The Bertz CT molecular complexity index is 1630. The van der Waals surface area contributed by atoms with Gasteiger partial charge in [0.1, 0.15) is 35.1 Å². The maximum Gasteiger partial charge on any atom is 0.293 e. The number of pyridine rings is 1. The van der Waals surface area contributed by atoms with Crippen LogP contribution < -0.4 is 16.0 Å². The molecule has 3 aliphatic rings. The summed E-state index contributed by atoms with van der Waals surface area (Å²) in [5.74, 6) is -5.84. The number of hydrogen-bond donors (Lipinski definition) is 4. The molecule has 2 aromatic heterocycles. The average Bonchev–Trinajstić information content (AvgIpc) is 3.65. The number of halogens is 6. The van der Waals surface area contributed by atoms with Crippen molar-refractivity contribution in [2.75, 3.05) is 18.9 Å². The zero-order valence-corrected chi connectivity index (χ0v) is 24.7. The lowest BCUT2D eigenvalue weighted by Crippen LogP contribution is -2.46. The largest absolute Gasteiger partial charge is 0.390 e. The predicted molar refractivity (Wildman–Crippen MR) is 157 cm³/mol. The molecular formula is C32H34F6N6O. The normalized spacial score (nSPS) is 21.6. The number of alkyl halides is 4. The highest BCUT2D eigenvalue weighted by Crippen LogP contribution is 2.68. The summed E-state index contributed by atoms with van der Waals surface area (Å²) in [5, 5.41) is 24.4. The smallest absolute Gasteiger partial charge is 0.293 e. The molecule has 7 nitrogen and oxygen atoms in total. The lowest BCUT2D eigenvalue weighted by atomic mass is 9.94. The zero-order chi connectivity index (χ0) is 32.0. The van der Waals surface area contributed by atoms with Gasteiger partial charge >= 0.3 is 0 Å². The van der Waals surface area contributed by atoms with Gasteiger partial charge in [-0.2, -0.15) is 13.9 Å². The topological polar surface area (TPSA) is 87.0 Å². The number of allylic oxidation sites excluding steroid dienone is 3. The SMILES string of the molecule is C/C=C\C(=C(/NC)[C@H](Cc1cc(F)cc(F)c1)NC(O)Cn1nc(C(F)F)c2c1C(F)(F)C1CC21)c1cnc2c(c1)CCCN2. The molecule has 3 aromatic rings. The number of nitrogens with one attached hydrogen (secondary N) is 3. The average molecular weight is 633 g/mol. The van der Waals surface area contributed by atoms with Crippen LogP contribution in [0.25, 0.3) is 5.57 Å². The molecule has 0 bridgehead atoms. The van der Waals surface area contributed by atoms with Gasteiger partial charge in [0, 0.05) is 54.2 Å². The van der Waals surface area contributed by atoms with Crippen LogP contribution in [0.1, 0.15) is 65.8 Å². The summed E-state index contributed by atoms with van der Waals surface area (Å²) < 4.78 is 87.2. The highest BCUT2D eigenvalue weighted by molar-refractivity contribution is 5.78. The third-order valence-corrected chi connectivity index (χ3v) is 8.70. The van der Waals surface area contributed by atoms with Gasteiger partial charge in [-0.05, 0) is 67.9 Å². The van der Waals surface area contributed by atoms with Crippen molar-refractivity contribution in [2.45, 2.75) is 69.7 Å². The van der Waals surface area contributed by atoms with Crippen LogP contribution in [-0.4, -0.2) is 45.7 Å². The fraction of sp³-hybridized carbons (Fsp3) is 0.438. The Hall–Kier alpha value is -3.84. The molecule has 0 spiro atoms. The summed E-state index contributed by atoms with van der Waals surface area (Å²) in [6.07, 6.45) is 2.60. The molecular weight excluding hydrogens is 598 g/mol. The third kappa shape index (κ3) is 5.95. The number of fused-ring (bicyclic) bond motifs is 4. The van der Waals surface area contributed by atoms with Crippen molar-refractivity contribution in [2.24, 2.45) is 5.92 Å². The minimum Gasteiger partial charge on any atom is -0.390 e. The molecule has 2 aliphatic carbocycles. The fourth-order valence-electron chi connectivity index (χ4n) is 6.75. The molecule has 1 aliphatic heterocycles. The lowest BCUT2D eigenvalue weighted by molar-refractivity contribution is -0.0333. The van der Waals surface area contributed by atoms with Crippen molar-refractivity contribution in [1.29, 1.82) is 0 Å². The summed E-state index contributed by atoms with van der Waals surface area (Å²) in [5.41, 5.74) is 1.84. The van der Waals surface area contributed by atoms with Crippen LogP contribution >= 0.6 is 0 Å². The highest BCUT2D eigenvalue weighted by atomic mass is 19.3. The van der Waals surface area contributed by atoms with E-state index in [1.54, 1.807) is 13.2 Å². The van der Waals surface area contributed by atoms with Crippen LogP contribution in [0.15, 0.2) is 48.3 Å². The van der Waals surface area contributed by atoms with E-state index < -0.39 is 66.0 Å². The number of aromatic nitrogens is 3. The van der Waals surface area contributed by atoms with Crippen molar-refractivity contribution in [3.05, 3.63) is 93.6 Å². The van der Waals surface area contributed by atoms with Crippen LogP contribution in [0.4, 0.5) is 32.2 Å². The summed E-state index contributed by atoms with van der Waals surface area (Å²) >= 11 is 0. The first-order valence-electron chi connectivity index (χ1n) is 15.0. The highest BCUT2D eigenvalue weighted by Gasteiger charge is 2.67. The monoisotopic (exact) mass is 632 g/mol. The summed E-state index contributed by atoms with van der Waals surface area (Å²) in [6, 6.07) is 4.24. The summed E-state index contributed by atoms with van der Waals surface area (Å²) in [4.78, 5) is 4.58. The van der Waals surface area contributed by atoms with E-state index in [0.29, 0.717) is 11.3 Å². The van der Waals surface area contributed by atoms with E-state index in [2.05, 4.69) is 26.0 Å². The van der Waals surface area contributed by atoms with Crippen molar-refractivity contribution in [3.63, 3.8) is 0 Å². The maximum absolute atomic E-state index is 15.2. The molecule has 1 fully saturated rings. The molecule has 0 saturated heterocycles. The number of rotatable bonds is 11. The molecule has 45 heavy (non-hydrogen) atoms. The number of nitrogens with zero attached hydrogens (tertiary/aromatic N) is 3. The van der Waals surface area contributed by atoms with Gasteiger partial charge in [0.05, 0.1) is 12.6 Å². The van der Waals surface area contributed by atoms with Crippen molar-refractivity contribution < 1.29 is 31.4 Å². The molecule has 0 radical (unpaired) electrons. The van der Waals surface area contributed by atoms with Gasteiger partial charge in [0.2, 0.25) is 0 Å². The lowest BCUT2D eigenvalue weighted by Gasteiger charge is -2.28. The molecule has 240 valence electrons. The second-order valence-electron chi connectivity index (χ2n) is 11.8. The minimum atomic E-state index is -3.35. The summed E-state index contributed by atoms with van der Waals surface area (Å²) in [7, 11) is 1.65. The number of benzene rings is 1. The molecule has 4 N–H and O–H groups in total. The molecule has 3 heterocycles. The van der Waals surface area contributed by atoms with E-state index in [-0.39, 0.29) is 24.0 Å². The van der Waals surface area contributed by atoms with Crippen molar-refractivity contribution in [3.8, 4) is 0 Å². The zero-order valence-electron chi connectivity index (χ0n) is 24.7. The minimum absolute atomic E-state index is 0.0251. The fourth-order valence-corrected chi connectivity index (χ4v) is 6.75. The molecule has 6 rings (SSSR count). The number of anilines is 1. The second-order valence-corrected chi connectivity index (χ2v) is 11.8. The number of aryl methyl sites for hydroxylation is 1. The first kappa shape index (κ1) is 31.2. The van der Waals surface area contributed by atoms with E-state index in [1.807, 2.05) is 25.1 Å². The van der Waals surface area contributed by atoms with E-state index in [4.69, 9.17) is 0 Å². The Labute approximate surface area is 256 Å². The molecule has 3 unspecified atom stereocenters. The molecule has 4 atom stereocenters. The van der Waals surface area contributed by atoms with Gasteiger partial charge in [-0.25, -0.2) is 22.5 Å². The third-order valence-electron chi connectivity index (χ3n) is 8.70. The maximum atomic E-state index is 15.2. The Balaban J connectivity index is 1.37. The van der Waals surface area contributed by atoms with Crippen molar-refractivity contribution >= 4 is 11.4 Å². The van der Waals surface area contributed by atoms with Gasteiger partial charge in [-0.3, -0.25) is 10.00 Å². The molecule has 1 saturated carbocycles. The predicted octanol–water partition coefficient (Wildman–Crippen LogP) is 5.79. The van der Waals surface area contributed by atoms with E-state index >= 15 is 8.78 Å². The number of hydrogen-bond acceptors (Lipinski definition) is 6. The van der Waals surface area contributed by atoms with E-state index in [1.165, 1.54) is 12.1 Å². The standard InChI is InChI=1S/C32H34F6N6O/c1-3-5-21(18-11-17-6-4-7-40-31(17)41-14-18)27(39-2)24(10-16-8-19(33)12-20(34)9-16)42-25(45)15-44-29-26(28(43-44)30(35)36)22-13-23(22)32(29,37)38/h3,5,8-9,11-12,14,22-25,30,39,42,45H,4,6-7,10,13,15H2,1-2H3,(H,40,41)/b5-3-,27-21+/t22?,23?,24-,25?/m0/s1. The quantitative estimate of drug-likeness (QED) is 0.122. The van der Waals surface area contributed by atoms with Crippen LogP contribution in [0, 0.1) is 17.6 Å². The van der Waals surface area contributed by atoms with Crippen LogP contribution in [0.3, 0.4) is 0 Å². The summed E-state index contributed by atoms with van der Waals surface area (Å²) in [6.45, 7) is 2.09. The Morgan fingerprint density at radius 2 is 1.96 bits per heavy atom. The molecule has 13 heteroatoms. The molecule has 0 amide bonds. The Kier molecular flexibility index (Phi) is 8.42. The van der Waals surface area contributed by atoms with Crippen molar-refractivity contribution in [1.82, 2.24) is 25.4 Å². The van der Waals surface area contributed by atoms with E-state index in [9.17, 15) is 22.7 Å². The first-order valence-corrected chi connectivity index (χ1v) is 15.0. The number of likely N-dealkylation sites (N-methyl/N-ethyl adjacent to an activating group) is 1. The second kappa shape index (κ2) is 12.2. The van der Waals surface area contributed by atoms with Gasteiger partial charge in [0.15, 0.2) is 0 Å². The number of aliphatic hydroxyl groups is 1. The first-order chi connectivity index (χ1) is 21.5. The number of aliphatic hydroxyl groups excluding tert-OH is 1. The van der Waals surface area contributed by atoms with Gasteiger partial charge < -0.3 is 15.7 Å². The van der Waals surface area contributed by atoms with Crippen LogP contribution in [-0.2, 0) is 25.3 Å². The van der Waals surface area contributed by atoms with Gasteiger partial charge in [-0.1, -0.05) is 12.2 Å².